The maximum absolute atomic E-state index is 12.1. The van der Waals surface area contributed by atoms with E-state index in [1.54, 1.807) is 6.92 Å². The van der Waals surface area contributed by atoms with E-state index in [0.717, 1.165) is 0 Å². The lowest BCUT2D eigenvalue weighted by Crippen LogP contribution is -2.55. The van der Waals surface area contributed by atoms with Gasteiger partial charge in [-0.15, -0.1) is 0 Å². The van der Waals surface area contributed by atoms with Gasteiger partial charge >= 0.3 is 5.97 Å². The third-order valence-electron chi connectivity index (χ3n) is 2.32. The third-order valence-corrected chi connectivity index (χ3v) is 3.03. The van der Waals surface area contributed by atoms with Gasteiger partial charge in [-0.1, -0.05) is 0 Å². The Morgan fingerprint density at radius 1 is 1.28 bits per heavy atom. The van der Waals surface area contributed by atoms with Crippen LogP contribution in [0.1, 0.15) is 13.8 Å². The van der Waals surface area contributed by atoms with Crippen LogP contribution in [0.25, 0.3) is 0 Å². The van der Waals surface area contributed by atoms with E-state index in [2.05, 4.69) is 30.6 Å². The van der Waals surface area contributed by atoms with E-state index in [9.17, 15) is 14.4 Å². The van der Waals surface area contributed by atoms with Gasteiger partial charge in [0.1, 0.15) is 12.1 Å². The zero-order valence-electron chi connectivity index (χ0n) is 10.3. The van der Waals surface area contributed by atoms with Crippen LogP contribution in [0.2, 0.25) is 0 Å². The van der Waals surface area contributed by atoms with E-state index in [1.807, 2.05) is 0 Å². The van der Waals surface area contributed by atoms with E-state index >= 15 is 0 Å². The van der Waals surface area contributed by atoms with Gasteiger partial charge in [-0.25, -0.2) is 4.79 Å². The normalized spacial score (nSPS) is 13.6. The van der Waals surface area contributed by atoms with Crippen LogP contribution >= 0.6 is 25.3 Å². The molecule has 0 radical (unpaired) electrons. The van der Waals surface area contributed by atoms with E-state index in [0.29, 0.717) is 0 Å². The van der Waals surface area contributed by atoms with E-state index in [-0.39, 0.29) is 24.0 Å². The monoisotopic (exact) mass is 294 g/mol. The number of carbonyl (C=O) groups excluding carboxylic acids is 2. The summed E-state index contributed by atoms with van der Waals surface area (Å²) in [5.74, 6) is -1.84. The van der Waals surface area contributed by atoms with E-state index in [4.69, 9.17) is 5.11 Å². The molecule has 0 spiro atoms. The van der Waals surface area contributed by atoms with Crippen LogP contribution in [0, 0.1) is 0 Å². The number of carboxylic acids is 1. The topological polar surface area (TPSA) is 86.7 Å². The largest absolute Gasteiger partial charge is 0.480 e. The Morgan fingerprint density at radius 2 is 1.83 bits per heavy atom. The maximum atomic E-state index is 12.1. The zero-order valence-corrected chi connectivity index (χ0v) is 12.1. The second-order valence-corrected chi connectivity index (χ2v) is 4.33. The lowest BCUT2D eigenvalue weighted by molar-refractivity contribution is -0.149. The summed E-state index contributed by atoms with van der Waals surface area (Å²) in [4.78, 5) is 35.3. The highest BCUT2D eigenvalue weighted by Crippen LogP contribution is 2.06. The van der Waals surface area contributed by atoms with E-state index < -0.39 is 24.0 Å². The number of hydrogen-bond acceptors (Lipinski definition) is 5. The highest BCUT2D eigenvalue weighted by molar-refractivity contribution is 7.80. The average Bonchev–Trinajstić information content (AvgIpc) is 2.31. The summed E-state index contributed by atoms with van der Waals surface area (Å²) >= 11 is 7.91. The molecule has 0 aromatic carbocycles. The Morgan fingerprint density at radius 3 is 2.11 bits per heavy atom. The molecule has 0 saturated heterocycles. The molecule has 0 fully saturated rings. The maximum Gasteiger partial charge on any atom is 0.327 e. The first-order valence-electron chi connectivity index (χ1n) is 5.41. The van der Waals surface area contributed by atoms with Crippen LogP contribution < -0.4 is 5.32 Å². The van der Waals surface area contributed by atoms with Crippen molar-refractivity contribution in [3.05, 3.63) is 0 Å². The molecule has 0 aromatic heterocycles. The Labute approximate surface area is 117 Å². The van der Waals surface area contributed by atoms with Gasteiger partial charge in [0, 0.05) is 25.0 Å². The van der Waals surface area contributed by atoms with Gasteiger partial charge in [0.05, 0.1) is 0 Å². The minimum atomic E-state index is -1.12. The highest BCUT2D eigenvalue weighted by atomic mass is 32.1. The molecule has 2 N–H and O–H groups in total. The molecule has 8 heteroatoms. The first-order valence-corrected chi connectivity index (χ1v) is 6.67. The molecule has 2 amide bonds. The summed E-state index contributed by atoms with van der Waals surface area (Å²) in [6.45, 7) is 3.17. The van der Waals surface area contributed by atoms with Gasteiger partial charge in [-0.2, -0.15) is 25.3 Å². The molecule has 0 rings (SSSR count). The molecule has 104 valence electrons. The molecule has 6 nitrogen and oxygen atoms in total. The lowest BCUT2D eigenvalue weighted by atomic mass is 10.2. The number of carboxylic acid groups (broad SMARTS) is 1. The molecule has 0 bridgehead atoms. The fourth-order valence-corrected chi connectivity index (χ4v) is 2.07. The number of rotatable bonds is 7. The van der Waals surface area contributed by atoms with Crippen LogP contribution in [0.5, 0.6) is 0 Å². The molecule has 0 saturated carbocycles. The van der Waals surface area contributed by atoms with Crippen molar-refractivity contribution in [1.29, 1.82) is 0 Å². The molecule has 0 aliphatic carbocycles. The Hall–Kier alpha value is -0.890. The van der Waals surface area contributed by atoms with Gasteiger partial charge in [0.2, 0.25) is 11.8 Å². The fraction of sp³-hybridized carbons (Fsp3) is 0.700. The quantitative estimate of drug-likeness (QED) is 0.484. The zero-order chi connectivity index (χ0) is 14.3. The van der Waals surface area contributed by atoms with Crippen molar-refractivity contribution in [3.63, 3.8) is 0 Å². The smallest absolute Gasteiger partial charge is 0.327 e. The first-order chi connectivity index (χ1) is 8.38. The molecule has 2 atom stereocenters. The highest BCUT2D eigenvalue weighted by Gasteiger charge is 2.31. The Bertz CT molecular complexity index is 325. The molecule has 0 unspecified atom stereocenters. The fourth-order valence-electron chi connectivity index (χ4n) is 1.47. The van der Waals surface area contributed by atoms with Gasteiger partial charge in [-0.05, 0) is 6.92 Å². The van der Waals surface area contributed by atoms with Crippen molar-refractivity contribution in [2.75, 3.05) is 18.1 Å². The molecular formula is C10H18N2O4S2. The van der Waals surface area contributed by atoms with Crippen LogP contribution in [0.3, 0.4) is 0 Å². The average molecular weight is 294 g/mol. The minimum absolute atomic E-state index is 0.00821. The predicted molar refractivity (Wildman–Crippen MR) is 74.1 cm³/mol. The summed E-state index contributed by atoms with van der Waals surface area (Å²) in [5.41, 5.74) is 0. The predicted octanol–water partition coefficient (Wildman–Crippen LogP) is -0.348. The lowest BCUT2D eigenvalue weighted by Gasteiger charge is -2.30. The summed E-state index contributed by atoms with van der Waals surface area (Å²) < 4.78 is 0. The number of carbonyl (C=O) groups is 3. The summed E-state index contributed by atoms with van der Waals surface area (Å²) in [5, 5.41) is 11.4. The molecular weight excluding hydrogens is 276 g/mol. The van der Waals surface area contributed by atoms with Crippen molar-refractivity contribution < 1.29 is 19.5 Å². The number of likely N-dealkylation sites (N-methyl/N-ethyl adjacent to an activating group) is 1. The Balaban J connectivity index is 4.97. The summed E-state index contributed by atoms with van der Waals surface area (Å²) in [7, 11) is 0. The number of nitrogens with one attached hydrogen (secondary N) is 1. The van der Waals surface area contributed by atoms with Crippen LogP contribution in [-0.4, -0.2) is 57.9 Å². The van der Waals surface area contributed by atoms with Crippen LogP contribution in [0.4, 0.5) is 0 Å². The molecule has 0 heterocycles. The summed E-state index contributed by atoms with van der Waals surface area (Å²) in [6, 6.07) is -1.84. The van der Waals surface area contributed by atoms with Crippen molar-refractivity contribution in [1.82, 2.24) is 10.2 Å². The molecule has 0 aliphatic heterocycles. The molecule has 18 heavy (non-hydrogen) atoms. The van der Waals surface area contributed by atoms with Crippen molar-refractivity contribution in [3.8, 4) is 0 Å². The van der Waals surface area contributed by atoms with Crippen molar-refractivity contribution in [2.45, 2.75) is 25.9 Å². The number of aliphatic carboxylic acids is 1. The van der Waals surface area contributed by atoms with Crippen molar-refractivity contribution >= 4 is 43.0 Å². The van der Waals surface area contributed by atoms with Crippen LogP contribution in [-0.2, 0) is 14.4 Å². The second-order valence-electron chi connectivity index (χ2n) is 3.60. The van der Waals surface area contributed by atoms with Gasteiger partial charge in [0.15, 0.2) is 0 Å². The molecule has 0 aromatic rings. The number of nitrogens with zero attached hydrogens (tertiary/aromatic N) is 1. The SMILES string of the molecule is CCN(C(=O)[C@H](CS)NC(C)=O)[C@@H](CS)C(=O)O. The van der Waals surface area contributed by atoms with Gasteiger partial charge in [0.25, 0.3) is 0 Å². The van der Waals surface area contributed by atoms with Crippen molar-refractivity contribution in [2.24, 2.45) is 0 Å². The first kappa shape index (κ1) is 17.1. The summed E-state index contributed by atoms with van der Waals surface area (Å²) in [6.07, 6.45) is 0. The number of thiol groups is 2. The van der Waals surface area contributed by atoms with E-state index in [1.165, 1.54) is 11.8 Å². The number of hydrogen-bond donors (Lipinski definition) is 4. The van der Waals surface area contributed by atoms with Crippen LogP contribution in [0.15, 0.2) is 0 Å². The van der Waals surface area contributed by atoms with Gasteiger partial charge in [-0.3, -0.25) is 9.59 Å². The second kappa shape index (κ2) is 8.25. The minimum Gasteiger partial charge on any atom is -0.480 e. The third kappa shape index (κ3) is 4.77. The number of amides is 2. The van der Waals surface area contributed by atoms with Gasteiger partial charge < -0.3 is 15.3 Å². The Kier molecular flexibility index (Phi) is 7.85. The molecule has 0 aliphatic rings. The standard InChI is InChI=1S/C10H18N2O4S2/c1-3-12(8(5-18)10(15)16)9(14)7(4-17)11-6(2)13/h7-8,17-18H,3-5H2,1-2H3,(H,11,13)(H,15,16)/t7-,8-/m0/s1.